The molecule has 0 aliphatic carbocycles. The molecule has 8 nitrogen and oxygen atoms in total. The number of carbonyl (C=O) groups is 1. The number of alkyl halides is 3. The van der Waals surface area contributed by atoms with Crippen LogP contribution in [0.5, 0.6) is 0 Å². The number of ether oxygens (including phenoxy) is 1. The molecule has 4 heterocycles. The Labute approximate surface area is 152 Å². The number of likely N-dealkylation sites (tertiary alicyclic amines) is 1. The summed E-state index contributed by atoms with van der Waals surface area (Å²) in [6.07, 6.45) is -1.20. The fourth-order valence-electron chi connectivity index (χ4n) is 3.95. The Morgan fingerprint density at radius 1 is 1.33 bits per heavy atom. The van der Waals surface area contributed by atoms with E-state index in [-0.39, 0.29) is 29.3 Å². The van der Waals surface area contributed by atoms with Crippen molar-refractivity contribution in [1.82, 2.24) is 19.5 Å². The lowest BCUT2D eigenvalue weighted by Gasteiger charge is -2.38. The smallest absolute Gasteiger partial charge is 0.382 e. The summed E-state index contributed by atoms with van der Waals surface area (Å²) in [7, 11) is 0. The van der Waals surface area contributed by atoms with Gasteiger partial charge in [0.2, 0.25) is 6.41 Å². The zero-order valence-electron chi connectivity index (χ0n) is 14.4. The van der Waals surface area contributed by atoms with Gasteiger partial charge in [-0.2, -0.15) is 18.3 Å². The van der Waals surface area contributed by atoms with Gasteiger partial charge in [0, 0.05) is 19.6 Å². The summed E-state index contributed by atoms with van der Waals surface area (Å²) in [5.74, 6) is 0.0617. The Morgan fingerprint density at radius 3 is 2.89 bits per heavy atom. The second-order valence-corrected chi connectivity index (χ2v) is 6.73. The van der Waals surface area contributed by atoms with Crippen LogP contribution < -0.4 is 10.6 Å². The summed E-state index contributed by atoms with van der Waals surface area (Å²) in [6.45, 7) is 1.80. The van der Waals surface area contributed by atoms with Crippen LogP contribution in [-0.4, -0.2) is 64.3 Å². The highest BCUT2D eigenvalue weighted by molar-refractivity contribution is 5.75. The molecule has 2 aromatic rings. The van der Waals surface area contributed by atoms with E-state index in [1.165, 1.54) is 4.52 Å². The Balaban J connectivity index is 1.70. The molecule has 0 radical (unpaired) electrons. The summed E-state index contributed by atoms with van der Waals surface area (Å²) in [6, 6.07) is 0.979. The van der Waals surface area contributed by atoms with Gasteiger partial charge in [0.05, 0.1) is 24.3 Å². The lowest BCUT2D eigenvalue weighted by molar-refractivity contribution is -0.136. The van der Waals surface area contributed by atoms with Crippen LogP contribution in [0.25, 0.3) is 5.52 Å². The quantitative estimate of drug-likeness (QED) is 0.799. The molecule has 2 fully saturated rings. The first-order valence-corrected chi connectivity index (χ1v) is 8.67. The highest BCUT2D eigenvalue weighted by Gasteiger charge is 2.39. The molecule has 27 heavy (non-hydrogen) atoms. The lowest BCUT2D eigenvalue weighted by atomic mass is 10.1. The Bertz CT molecular complexity index is 855. The minimum Gasteiger partial charge on any atom is -0.382 e. The molecule has 0 bridgehead atoms. The van der Waals surface area contributed by atoms with Crippen molar-refractivity contribution in [2.24, 2.45) is 0 Å². The van der Waals surface area contributed by atoms with E-state index in [0.29, 0.717) is 26.2 Å². The summed E-state index contributed by atoms with van der Waals surface area (Å²) < 4.78 is 47.5. The molecule has 2 aromatic heterocycles. The third-order valence-corrected chi connectivity index (χ3v) is 5.19. The van der Waals surface area contributed by atoms with Gasteiger partial charge in [-0.1, -0.05) is 0 Å². The molecule has 0 aromatic carbocycles. The van der Waals surface area contributed by atoms with Crippen molar-refractivity contribution in [3.8, 4) is 0 Å². The predicted octanol–water partition coefficient (Wildman–Crippen LogP) is 1.16. The third kappa shape index (κ3) is 3.05. The van der Waals surface area contributed by atoms with E-state index in [9.17, 15) is 18.0 Å². The van der Waals surface area contributed by atoms with Gasteiger partial charge >= 0.3 is 6.18 Å². The van der Waals surface area contributed by atoms with Gasteiger partial charge in [-0.25, -0.2) is 9.50 Å². The second kappa shape index (κ2) is 6.55. The highest BCUT2D eigenvalue weighted by Crippen LogP contribution is 2.38. The number of amides is 1. The number of aromatic nitrogens is 3. The van der Waals surface area contributed by atoms with Gasteiger partial charge in [0.25, 0.3) is 0 Å². The summed E-state index contributed by atoms with van der Waals surface area (Å²) >= 11 is 0. The fourth-order valence-corrected chi connectivity index (χ4v) is 3.95. The molecular formula is C16H19F3N6O2. The standard InChI is InChI=1S/C16H19F3N6O2/c17-16(18,19)10-6-13(25-14(10)15(20)21-8-22-25)23-4-5-27-12(7-23)11-2-1-3-24(11)9-26/h6,8-9,11-12H,1-5,7H2,(H2,20,21,22). The van der Waals surface area contributed by atoms with E-state index in [4.69, 9.17) is 10.5 Å². The van der Waals surface area contributed by atoms with Gasteiger partial charge in [-0.3, -0.25) is 4.79 Å². The fraction of sp³-hybridized carbons (Fsp3) is 0.562. The van der Waals surface area contributed by atoms with Gasteiger partial charge in [-0.15, -0.1) is 0 Å². The molecule has 2 unspecified atom stereocenters. The maximum atomic E-state index is 13.5. The average Bonchev–Trinajstić information content (AvgIpc) is 3.27. The van der Waals surface area contributed by atoms with Gasteiger partial charge in [0.1, 0.15) is 17.7 Å². The van der Waals surface area contributed by atoms with Crippen LogP contribution >= 0.6 is 0 Å². The number of fused-ring (bicyclic) bond motifs is 1. The van der Waals surface area contributed by atoms with E-state index in [0.717, 1.165) is 31.6 Å². The minimum atomic E-state index is -4.58. The van der Waals surface area contributed by atoms with E-state index in [1.54, 1.807) is 9.80 Å². The number of halogens is 3. The molecule has 2 saturated heterocycles. The monoisotopic (exact) mass is 384 g/mol. The summed E-state index contributed by atoms with van der Waals surface area (Å²) in [5, 5.41) is 3.98. The van der Waals surface area contributed by atoms with Gasteiger partial charge < -0.3 is 20.3 Å². The number of nitrogens with zero attached hydrogens (tertiary/aromatic N) is 5. The zero-order valence-corrected chi connectivity index (χ0v) is 14.4. The number of carbonyl (C=O) groups excluding carboxylic acids is 1. The number of nitrogen functional groups attached to an aromatic ring is 1. The second-order valence-electron chi connectivity index (χ2n) is 6.73. The number of hydrogen-bond donors (Lipinski definition) is 1. The van der Waals surface area contributed by atoms with Crippen LogP contribution in [-0.2, 0) is 15.7 Å². The van der Waals surface area contributed by atoms with Crippen LogP contribution in [0.3, 0.4) is 0 Å². The minimum absolute atomic E-state index is 0.0710. The molecule has 0 saturated carbocycles. The SMILES string of the molecule is Nc1ncnn2c(N3CCOC(C4CCCN4C=O)C3)cc(C(F)(F)F)c12. The van der Waals surface area contributed by atoms with Crippen LogP contribution in [0.4, 0.5) is 24.8 Å². The maximum absolute atomic E-state index is 13.5. The number of morpholine rings is 1. The van der Waals surface area contributed by atoms with Crippen molar-refractivity contribution in [2.75, 3.05) is 36.9 Å². The number of anilines is 2. The van der Waals surface area contributed by atoms with Crippen molar-refractivity contribution in [3.63, 3.8) is 0 Å². The van der Waals surface area contributed by atoms with Crippen LogP contribution in [0.15, 0.2) is 12.4 Å². The lowest BCUT2D eigenvalue weighted by Crippen LogP contribution is -2.51. The van der Waals surface area contributed by atoms with Gasteiger partial charge in [0.15, 0.2) is 5.82 Å². The van der Waals surface area contributed by atoms with Gasteiger partial charge in [-0.05, 0) is 18.9 Å². The topological polar surface area (TPSA) is 89.0 Å². The molecule has 11 heteroatoms. The van der Waals surface area contributed by atoms with Crippen LogP contribution in [0.2, 0.25) is 0 Å². The largest absolute Gasteiger partial charge is 0.418 e. The molecule has 2 aliphatic heterocycles. The number of hydrogen-bond acceptors (Lipinski definition) is 6. The molecule has 0 spiro atoms. The third-order valence-electron chi connectivity index (χ3n) is 5.19. The van der Waals surface area contributed by atoms with E-state index in [2.05, 4.69) is 10.1 Å². The number of nitrogens with two attached hydrogens (primary N) is 1. The highest BCUT2D eigenvalue weighted by atomic mass is 19.4. The Kier molecular flexibility index (Phi) is 4.33. The summed E-state index contributed by atoms with van der Waals surface area (Å²) in [5.41, 5.74) is 4.58. The maximum Gasteiger partial charge on any atom is 0.418 e. The van der Waals surface area contributed by atoms with Crippen LogP contribution in [0, 0.1) is 0 Å². The zero-order chi connectivity index (χ0) is 19.2. The first kappa shape index (κ1) is 17.8. The molecule has 2 atom stereocenters. The van der Waals surface area contributed by atoms with Crippen LogP contribution in [0.1, 0.15) is 18.4 Å². The molecule has 4 rings (SSSR count). The predicted molar refractivity (Wildman–Crippen MR) is 90.1 cm³/mol. The molecular weight excluding hydrogens is 365 g/mol. The average molecular weight is 384 g/mol. The first-order chi connectivity index (χ1) is 12.9. The number of rotatable bonds is 3. The van der Waals surface area contributed by atoms with Crippen molar-refractivity contribution in [3.05, 3.63) is 18.0 Å². The first-order valence-electron chi connectivity index (χ1n) is 8.67. The Hall–Kier alpha value is -2.56. The van der Waals surface area contributed by atoms with E-state index in [1.807, 2.05) is 0 Å². The van der Waals surface area contributed by atoms with Crippen molar-refractivity contribution in [1.29, 1.82) is 0 Å². The van der Waals surface area contributed by atoms with Crippen molar-refractivity contribution < 1.29 is 22.7 Å². The molecule has 146 valence electrons. The summed E-state index contributed by atoms with van der Waals surface area (Å²) in [4.78, 5) is 18.4. The van der Waals surface area contributed by atoms with Crippen molar-refractivity contribution >= 4 is 23.6 Å². The normalized spacial score (nSPS) is 24.0. The van der Waals surface area contributed by atoms with Crippen molar-refractivity contribution in [2.45, 2.75) is 31.2 Å². The molecule has 1 amide bonds. The molecule has 2 aliphatic rings. The van der Waals surface area contributed by atoms with E-state index < -0.39 is 11.7 Å². The molecule has 2 N–H and O–H groups in total. The van der Waals surface area contributed by atoms with E-state index >= 15 is 0 Å². The Morgan fingerprint density at radius 2 is 2.15 bits per heavy atom.